The van der Waals surface area contributed by atoms with E-state index in [9.17, 15) is 4.79 Å². The molecule has 3 aromatic rings. The predicted molar refractivity (Wildman–Crippen MR) is 97.5 cm³/mol. The number of carbonyl (C=O) groups excluding carboxylic acids is 1. The van der Waals surface area contributed by atoms with Crippen LogP contribution in [0.4, 0.5) is 0 Å². The third kappa shape index (κ3) is 5.18. The number of para-hydroxylation sites is 1. The lowest BCUT2D eigenvalue weighted by molar-refractivity contribution is 0.0954. The summed E-state index contributed by atoms with van der Waals surface area (Å²) in [6.07, 6.45) is 4.32. The van der Waals surface area contributed by atoms with E-state index in [1.807, 2.05) is 72.9 Å². The van der Waals surface area contributed by atoms with E-state index in [1.54, 1.807) is 6.20 Å². The maximum atomic E-state index is 12.2. The molecule has 0 aliphatic rings. The van der Waals surface area contributed by atoms with E-state index in [2.05, 4.69) is 10.3 Å². The van der Waals surface area contributed by atoms with Crippen LogP contribution in [0.2, 0.25) is 0 Å². The molecule has 1 heterocycles. The zero-order chi connectivity index (χ0) is 17.3. The van der Waals surface area contributed by atoms with Gasteiger partial charge in [0.15, 0.2) is 0 Å². The van der Waals surface area contributed by atoms with Gasteiger partial charge in [0.1, 0.15) is 12.4 Å². The second kappa shape index (κ2) is 8.64. The summed E-state index contributed by atoms with van der Waals surface area (Å²) in [5.41, 5.74) is 2.78. The minimum Gasteiger partial charge on any atom is -0.489 e. The number of carbonyl (C=O) groups is 1. The van der Waals surface area contributed by atoms with E-state index in [0.717, 1.165) is 23.3 Å². The molecule has 0 fully saturated rings. The van der Waals surface area contributed by atoms with Crippen molar-refractivity contribution in [2.24, 2.45) is 0 Å². The van der Waals surface area contributed by atoms with Gasteiger partial charge in [0, 0.05) is 24.5 Å². The first-order valence-corrected chi connectivity index (χ1v) is 8.25. The summed E-state index contributed by atoms with van der Waals surface area (Å²) >= 11 is 0. The van der Waals surface area contributed by atoms with Crippen LogP contribution in [0.3, 0.4) is 0 Å². The molecular formula is C21H20N2O2. The Labute approximate surface area is 147 Å². The molecule has 4 nitrogen and oxygen atoms in total. The number of amides is 1. The highest BCUT2D eigenvalue weighted by molar-refractivity contribution is 5.94. The first-order valence-electron chi connectivity index (χ1n) is 8.25. The predicted octanol–water partition coefficient (Wildman–Crippen LogP) is 3.63. The molecular weight excluding hydrogens is 312 g/mol. The fourth-order valence-electron chi connectivity index (χ4n) is 2.40. The van der Waals surface area contributed by atoms with Crippen molar-refractivity contribution in [3.05, 3.63) is 95.8 Å². The molecule has 0 unspecified atom stereocenters. The Morgan fingerprint density at radius 3 is 2.44 bits per heavy atom. The van der Waals surface area contributed by atoms with Crippen molar-refractivity contribution in [2.75, 3.05) is 6.54 Å². The number of nitrogens with zero attached hydrogens (tertiary/aromatic N) is 1. The topological polar surface area (TPSA) is 51.2 Å². The second-order valence-electron chi connectivity index (χ2n) is 5.67. The SMILES string of the molecule is O=C(NCCc1cccnc1)c1ccc(COc2ccccc2)cc1. The monoisotopic (exact) mass is 332 g/mol. The lowest BCUT2D eigenvalue weighted by atomic mass is 10.1. The first kappa shape index (κ1) is 16.7. The Kier molecular flexibility index (Phi) is 5.77. The second-order valence-corrected chi connectivity index (χ2v) is 5.67. The molecule has 0 saturated carbocycles. The number of rotatable bonds is 7. The molecule has 3 rings (SSSR count). The van der Waals surface area contributed by atoms with Crippen molar-refractivity contribution in [3.8, 4) is 5.75 Å². The number of benzene rings is 2. The van der Waals surface area contributed by atoms with E-state index >= 15 is 0 Å². The molecule has 1 N–H and O–H groups in total. The molecule has 0 bridgehead atoms. The average molecular weight is 332 g/mol. The van der Waals surface area contributed by atoms with Gasteiger partial charge in [-0.05, 0) is 47.9 Å². The summed E-state index contributed by atoms with van der Waals surface area (Å²) in [7, 11) is 0. The van der Waals surface area contributed by atoms with Crippen LogP contribution in [0, 0.1) is 0 Å². The van der Waals surface area contributed by atoms with Gasteiger partial charge in [0.05, 0.1) is 0 Å². The van der Waals surface area contributed by atoms with Crippen LogP contribution in [0.15, 0.2) is 79.1 Å². The van der Waals surface area contributed by atoms with E-state index in [0.29, 0.717) is 18.7 Å². The van der Waals surface area contributed by atoms with Gasteiger partial charge in [0.2, 0.25) is 0 Å². The van der Waals surface area contributed by atoms with Crippen LogP contribution < -0.4 is 10.1 Å². The zero-order valence-corrected chi connectivity index (χ0v) is 13.9. The molecule has 0 saturated heterocycles. The van der Waals surface area contributed by atoms with Crippen molar-refractivity contribution < 1.29 is 9.53 Å². The van der Waals surface area contributed by atoms with Gasteiger partial charge in [-0.3, -0.25) is 9.78 Å². The first-order chi connectivity index (χ1) is 12.3. The molecule has 1 aromatic heterocycles. The van der Waals surface area contributed by atoms with Crippen molar-refractivity contribution >= 4 is 5.91 Å². The maximum Gasteiger partial charge on any atom is 0.251 e. The van der Waals surface area contributed by atoms with Gasteiger partial charge in [0.25, 0.3) is 5.91 Å². The van der Waals surface area contributed by atoms with Gasteiger partial charge in [-0.2, -0.15) is 0 Å². The summed E-state index contributed by atoms with van der Waals surface area (Å²) in [6.45, 7) is 1.07. The van der Waals surface area contributed by atoms with Crippen LogP contribution in [0.25, 0.3) is 0 Å². The molecule has 0 atom stereocenters. The van der Waals surface area contributed by atoms with E-state index in [1.165, 1.54) is 0 Å². The highest BCUT2D eigenvalue weighted by atomic mass is 16.5. The smallest absolute Gasteiger partial charge is 0.251 e. The number of nitrogens with one attached hydrogen (secondary N) is 1. The molecule has 0 radical (unpaired) electrons. The van der Waals surface area contributed by atoms with Crippen molar-refractivity contribution in [1.29, 1.82) is 0 Å². The quantitative estimate of drug-likeness (QED) is 0.719. The molecule has 0 aliphatic heterocycles. The average Bonchev–Trinajstić information content (AvgIpc) is 2.68. The van der Waals surface area contributed by atoms with Crippen LogP contribution in [0.5, 0.6) is 5.75 Å². The molecule has 0 aliphatic carbocycles. The lowest BCUT2D eigenvalue weighted by Crippen LogP contribution is -2.25. The fraction of sp³-hybridized carbons (Fsp3) is 0.143. The summed E-state index contributed by atoms with van der Waals surface area (Å²) in [4.78, 5) is 16.2. The van der Waals surface area contributed by atoms with Gasteiger partial charge in [-0.15, -0.1) is 0 Å². The molecule has 126 valence electrons. The van der Waals surface area contributed by atoms with Crippen LogP contribution in [0.1, 0.15) is 21.5 Å². The van der Waals surface area contributed by atoms with Gasteiger partial charge in [-0.1, -0.05) is 36.4 Å². The summed E-state index contributed by atoms with van der Waals surface area (Å²) < 4.78 is 5.70. The Morgan fingerprint density at radius 2 is 1.72 bits per heavy atom. The third-order valence-electron chi connectivity index (χ3n) is 3.79. The lowest BCUT2D eigenvalue weighted by Gasteiger charge is -2.08. The molecule has 0 spiro atoms. The van der Waals surface area contributed by atoms with Gasteiger partial charge >= 0.3 is 0 Å². The molecule has 2 aromatic carbocycles. The molecule has 4 heteroatoms. The van der Waals surface area contributed by atoms with Crippen LogP contribution in [-0.4, -0.2) is 17.4 Å². The Hall–Kier alpha value is -3.14. The fourth-order valence-corrected chi connectivity index (χ4v) is 2.40. The van der Waals surface area contributed by atoms with Crippen molar-refractivity contribution in [3.63, 3.8) is 0 Å². The number of hydrogen-bond donors (Lipinski definition) is 1. The van der Waals surface area contributed by atoms with Gasteiger partial charge in [-0.25, -0.2) is 0 Å². The minimum atomic E-state index is -0.0700. The summed E-state index contributed by atoms with van der Waals surface area (Å²) in [6, 6.07) is 21.0. The Balaban J connectivity index is 1.47. The van der Waals surface area contributed by atoms with Crippen LogP contribution >= 0.6 is 0 Å². The number of hydrogen-bond acceptors (Lipinski definition) is 3. The number of aromatic nitrogens is 1. The standard InChI is InChI=1S/C21H20N2O2/c24-21(23-14-12-17-5-4-13-22-15-17)19-10-8-18(9-11-19)16-25-20-6-2-1-3-7-20/h1-11,13,15H,12,14,16H2,(H,23,24). The summed E-state index contributed by atoms with van der Waals surface area (Å²) in [5, 5.41) is 2.93. The van der Waals surface area contributed by atoms with E-state index < -0.39 is 0 Å². The Bertz CT molecular complexity index is 787. The van der Waals surface area contributed by atoms with Crippen molar-refractivity contribution in [2.45, 2.75) is 13.0 Å². The third-order valence-corrected chi connectivity index (χ3v) is 3.79. The van der Waals surface area contributed by atoms with E-state index in [4.69, 9.17) is 4.74 Å². The molecule has 25 heavy (non-hydrogen) atoms. The van der Waals surface area contributed by atoms with E-state index in [-0.39, 0.29) is 5.91 Å². The van der Waals surface area contributed by atoms with Crippen molar-refractivity contribution in [1.82, 2.24) is 10.3 Å². The number of pyridine rings is 1. The molecule has 1 amide bonds. The summed E-state index contributed by atoms with van der Waals surface area (Å²) in [5.74, 6) is 0.763. The maximum absolute atomic E-state index is 12.2. The van der Waals surface area contributed by atoms with Gasteiger partial charge < -0.3 is 10.1 Å². The minimum absolute atomic E-state index is 0.0700. The Morgan fingerprint density at radius 1 is 0.920 bits per heavy atom. The highest BCUT2D eigenvalue weighted by Crippen LogP contribution is 2.12. The number of ether oxygens (including phenoxy) is 1. The van der Waals surface area contributed by atoms with Crippen LogP contribution in [-0.2, 0) is 13.0 Å². The zero-order valence-electron chi connectivity index (χ0n) is 13.9. The highest BCUT2D eigenvalue weighted by Gasteiger charge is 2.05. The normalized spacial score (nSPS) is 10.2. The largest absolute Gasteiger partial charge is 0.489 e.